The number of carbonyl (C=O) groups excluding carboxylic acids is 1. The first-order valence-electron chi connectivity index (χ1n) is 8.93. The first-order chi connectivity index (χ1) is 12.7. The Kier molecular flexibility index (Phi) is 4.79. The fraction of sp³-hybridized carbons (Fsp3) is 0.368. The molecule has 0 N–H and O–H groups in total. The van der Waals surface area contributed by atoms with Crippen molar-refractivity contribution in [1.29, 1.82) is 0 Å². The third kappa shape index (κ3) is 3.39. The third-order valence-corrected chi connectivity index (χ3v) is 5.79. The van der Waals surface area contributed by atoms with Gasteiger partial charge in [0.05, 0.1) is 5.39 Å². The van der Waals surface area contributed by atoms with E-state index in [-0.39, 0.29) is 18.0 Å². The highest BCUT2D eigenvalue weighted by atomic mass is 32.1. The van der Waals surface area contributed by atoms with Gasteiger partial charge in [0.25, 0.3) is 5.56 Å². The van der Waals surface area contributed by atoms with Crippen molar-refractivity contribution in [3.05, 3.63) is 46.8 Å². The maximum absolute atomic E-state index is 12.8. The predicted octanol–water partition coefficient (Wildman–Crippen LogP) is 2.92. The van der Waals surface area contributed by atoms with Crippen LogP contribution in [0, 0.1) is 0 Å². The molecule has 26 heavy (non-hydrogen) atoms. The molecule has 0 radical (unpaired) electrons. The largest absolute Gasteiger partial charge is 0.341 e. The molecule has 1 fully saturated rings. The summed E-state index contributed by atoms with van der Waals surface area (Å²) in [6, 6.07) is 11.7. The average molecular weight is 368 g/mol. The molecule has 3 aromatic rings. The number of rotatable bonds is 3. The van der Waals surface area contributed by atoms with E-state index in [1.54, 1.807) is 0 Å². The first kappa shape index (κ1) is 16.9. The maximum atomic E-state index is 12.8. The molecule has 0 spiro atoms. The second-order valence-corrected chi connectivity index (χ2v) is 7.57. The number of amides is 1. The van der Waals surface area contributed by atoms with Gasteiger partial charge in [-0.05, 0) is 24.5 Å². The second-order valence-electron chi connectivity index (χ2n) is 6.54. The second kappa shape index (κ2) is 7.37. The smallest absolute Gasteiger partial charge is 0.279 e. The molecular formula is C19H20N4O2S. The molecule has 3 heterocycles. The summed E-state index contributed by atoms with van der Waals surface area (Å²) in [4.78, 5) is 28.7. The predicted molar refractivity (Wildman–Crippen MR) is 102 cm³/mol. The van der Waals surface area contributed by atoms with E-state index in [0.717, 1.165) is 49.2 Å². The molecule has 1 aliphatic heterocycles. The lowest BCUT2D eigenvalue weighted by Crippen LogP contribution is -2.38. The summed E-state index contributed by atoms with van der Waals surface area (Å²) in [7, 11) is 0. The standard InChI is InChI=1S/C19H20N4O2S/c24-17(22-10-6-1-2-7-11-22)13-23-19(25)15-12-16(26-18(15)20-21-23)14-8-4-3-5-9-14/h3-5,8-9,12H,1-2,6-7,10-11,13H2. The van der Waals surface area contributed by atoms with Crippen LogP contribution in [-0.4, -0.2) is 38.9 Å². The average Bonchev–Trinajstić information content (AvgIpc) is 2.92. The Morgan fingerprint density at radius 1 is 1.08 bits per heavy atom. The van der Waals surface area contributed by atoms with E-state index in [1.165, 1.54) is 16.0 Å². The van der Waals surface area contributed by atoms with Gasteiger partial charge in [0.2, 0.25) is 5.91 Å². The number of likely N-dealkylation sites (tertiary alicyclic amines) is 1. The first-order valence-corrected chi connectivity index (χ1v) is 9.74. The molecule has 1 aliphatic rings. The zero-order chi connectivity index (χ0) is 17.9. The van der Waals surface area contributed by atoms with Crippen LogP contribution in [0.1, 0.15) is 25.7 Å². The molecule has 0 atom stereocenters. The van der Waals surface area contributed by atoms with Crippen molar-refractivity contribution >= 4 is 27.5 Å². The van der Waals surface area contributed by atoms with Gasteiger partial charge in [0, 0.05) is 18.0 Å². The fourth-order valence-electron chi connectivity index (χ4n) is 3.28. The quantitative estimate of drug-likeness (QED) is 0.713. The molecule has 2 aromatic heterocycles. The molecule has 134 valence electrons. The van der Waals surface area contributed by atoms with Crippen LogP contribution < -0.4 is 5.56 Å². The molecule has 6 nitrogen and oxygen atoms in total. The fourth-order valence-corrected chi connectivity index (χ4v) is 4.25. The van der Waals surface area contributed by atoms with E-state index in [4.69, 9.17) is 0 Å². The Morgan fingerprint density at radius 3 is 2.54 bits per heavy atom. The van der Waals surface area contributed by atoms with Gasteiger partial charge < -0.3 is 4.90 Å². The number of nitrogens with zero attached hydrogens (tertiary/aromatic N) is 4. The van der Waals surface area contributed by atoms with Crippen LogP contribution in [0.15, 0.2) is 41.2 Å². The van der Waals surface area contributed by atoms with E-state index in [0.29, 0.717) is 10.2 Å². The van der Waals surface area contributed by atoms with Gasteiger partial charge in [-0.15, -0.1) is 16.4 Å². The van der Waals surface area contributed by atoms with E-state index in [1.807, 2.05) is 41.3 Å². The third-order valence-electron chi connectivity index (χ3n) is 4.72. The van der Waals surface area contributed by atoms with E-state index in [9.17, 15) is 9.59 Å². The van der Waals surface area contributed by atoms with Gasteiger partial charge in [-0.25, -0.2) is 4.68 Å². The van der Waals surface area contributed by atoms with Crippen LogP contribution in [0.4, 0.5) is 0 Å². The van der Waals surface area contributed by atoms with Crippen LogP contribution in [0.5, 0.6) is 0 Å². The van der Waals surface area contributed by atoms with Gasteiger partial charge >= 0.3 is 0 Å². The summed E-state index contributed by atoms with van der Waals surface area (Å²) in [5.41, 5.74) is 0.790. The van der Waals surface area contributed by atoms with Crippen molar-refractivity contribution in [3.63, 3.8) is 0 Å². The summed E-state index contributed by atoms with van der Waals surface area (Å²) in [5.74, 6) is -0.0545. The van der Waals surface area contributed by atoms with Crippen molar-refractivity contribution in [2.75, 3.05) is 13.1 Å². The number of hydrogen-bond donors (Lipinski definition) is 0. The number of thiophene rings is 1. The van der Waals surface area contributed by atoms with Gasteiger partial charge in [-0.1, -0.05) is 48.4 Å². The van der Waals surface area contributed by atoms with Gasteiger partial charge in [-0.2, -0.15) is 0 Å². The lowest BCUT2D eigenvalue weighted by molar-refractivity contribution is -0.132. The van der Waals surface area contributed by atoms with Crippen LogP contribution in [0.3, 0.4) is 0 Å². The van der Waals surface area contributed by atoms with Gasteiger partial charge in [0.15, 0.2) is 4.83 Å². The molecule has 7 heteroatoms. The Morgan fingerprint density at radius 2 is 1.81 bits per heavy atom. The Bertz CT molecular complexity index is 972. The van der Waals surface area contributed by atoms with E-state index < -0.39 is 0 Å². The number of fused-ring (bicyclic) bond motifs is 1. The summed E-state index contributed by atoms with van der Waals surface area (Å²) >= 11 is 1.44. The minimum atomic E-state index is -0.253. The topological polar surface area (TPSA) is 68.1 Å². The highest BCUT2D eigenvalue weighted by molar-refractivity contribution is 7.21. The highest BCUT2D eigenvalue weighted by Crippen LogP contribution is 2.30. The van der Waals surface area contributed by atoms with Crippen molar-refractivity contribution in [3.8, 4) is 10.4 Å². The molecule has 0 aliphatic carbocycles. The normalized spacial score (nSPS) is 15.2. The minimum absolute atomic E-state index is 0.0434. The van der Waals surface area contributed by atoms with Gasteiger partial charge in [-0.3, -0.25) is 9.59 Å². The minimum Gasteiger partial charge on any atom is -0.341 e. The van der Waals surface area contributed by atoms with Gasteiger partial charge in [0.1, 0.15) is 6.54 Å². The number of aromatic nitrogens is 3. The van der Waals surface area contributed by atoms with Crippen LogP contribution >= 0.6 is 11.3 Å². The summed E-state index contributed by atoms with van der Waals surface area (Å²) in [6.45, 7) is 1.48. The Balaban J connectivity index is 1.61. The van der Waals surface area contributed by atoms with E-state index in [2.05, 4.69) is 10.3 Å². The molecular weight excluding hydrogens is 348 g/mol. The Labute approximate surface area is 155 Å². The number of hydrogen-bond acceptors (Lipinski definition) is 5. The Hall–Kier alpha value is -2.54. The monoisotopic (exact) mass is 368 g/mol. The molecule has 1 amide bonds. The molecule has 4 rings (SSSR count). The zero-order valence-electron chi connectivity index (χ0n) is 14.4. The van der Waals surface area contributed by atoms with Crippen molar-refractivity contribution in [1.82, 2.24) is 19.9 Å². The SMILES string of the molecule is O=C(Cn1nnc2sc(-c3ccccc3)cc2c1=O)N1CCCCCC1. The van der Waals surface area contributed by atoms with Crippen molar-refractivity contribution in [2.24, 2.45) is 0 Å². The van der Waals surface area contributed by atoms with Crippen LogP contribution in [0.25, 0.3) is 20.7 Å². The molecule has 0 unspecified atom stereocenters. The number of benzene rings is 1. The lowest BCUT2D eigenvalue weighted by Gasteiger charge is -2.20. The molecule has 0 saturated carbocycles. The molecule has 1 aromatic carbocycles. The maximum Gasteiger partial charge on any atom is 0.279 e. The number of carbonyl (C=O) groups is 1. The van der Waals surface area contributed by atoms with E-state index >= 15 is 0 Å². The molecule has 0 bridgehead atoms. The van der Waals surface area contributed by atoms with Crippen LogP contribution in [-0.2, 0) is 11.3 Å². The lowest BCUT2D eigenvalue weighted by atomic mass is 10.2. The summed E-state index contributed by atoms with van der Waals surface area (Å²) in [5, 5.41) is 8.68. The van der Waals surface area contributed by atoms with Crippen LogP contribution in [0.2, 0.25) is 0 Å². The van der Waals surface area contributed by atoms with Crippen molar-refractivity contribution in [2.45, 2.75) is 32.2 Å². The van der Waals surface area contributed by atoms with Crippen molar-refractivity contribution < 1.29 is 4.79 Å². The summed E-state index contributed by atoms with van der Waals surface area (Å²) in [6.07, 6.45) is 4.37. The zero-order valence-corrected chi connectivity index (χ0v) is 15.2. The molecule has 1 saturated heterocycles. The highest BCUT2D eigenvalue weighted by Gasteiger charge is 2.18. The summed E-state index contributed by atoms with van der Waals surface area (Å²) < 4.78 is 1.19.